The molecule has 4 heteroatoms. The van der Waals surface area contributed by atoms with Gasteiger partial charge in [0.05, 0.1) is 6.04 Å². The van der Waals surface area contributed by atoms with Crippen molar-refractivity contribution in [2.45, 2.75) is 71.4 Å². The molecule has 1 aliphatic rings. The molecule has 0 spiro atoms. The summed E-state index contributed by atoms with van der Waals surface area (Å²) in [6.45, 7) is 11.8. The van der Waals surface area contributed by atoms with E-state index in [1.54, 1.807) is 0 Å². The average molecular weight is 332 g/mol. The highest BCUT2D eigenvalue weighted by Crippen LogP contribution is 2.27. The molecule has 1 amide bonds. The number of anilines is 1. The Morgan fingerprint density at radius 2 is 2.08 bits per heavy atom. The maximum Gasteiger partial charge on any atom is 0.410 e. The van der Waals surface area contributed by atoms with Crippen LogP contribution >= 0.6 is 0 Å². The lowest BCUT2D eigenvalue weighted by Gasteiger charge is -2.29. The molecular weight excluding hydrogens is 300 g/mol. The fraction of sp³-hybridized carbons (Fsp3) is 0.650. The molecule has 1 aromatic rings. The fourth-order valence-corrected chi connectivity index (χ4v) is 3.14. The highest BCUT2D eigenvalue weighted by Gasteiger charge is 2.32. The van der Waals surface area contributed by atoms with Crippen LogP contribution in [0, 0.1) is 0 Å². The first-order valence-electron chi connectivity index (χ1n) is 9.14. The molecule has 0 bridgehead atoms. The van der Waals surface area contributed by atoms with Gasteiger partial charge < -0.3 is 15.0 Å². The lowest BCUT2D eigenvalue weighted by atomic mass is 9.97. The van der Waals surface area contributed by atoms with Gasteiger partial charge in [0, 0.05) is 18.8 Å². The average Bonchev–Trinajstić information content (AvgIpc) is 2.99. The number of ether oxygens (including phenoxy) is 1. The van der Waals surface area contributed by atoms with Crippen molar-refractivity contribution in [2.75, 3.05) is 18.4 Å². The lowest BCUT2D eigenvalue weighted by molar-refractivity contribution is 0.0235. The zero-order chi connectivity index (χ0) is 17.7. The first-order valence-corrected chi connectivity index (χ1v) is 9.14. The van der Waals surface area contributed by atoms with E-state index in [4.69, 9.17) is 4.74 Å². The molecule has 1 heterocycles. The second kappa shape index (κ2) is 7.91. The van der Waals surface area contributed by atoms with Gasteiger partial charge in [-0.05, 0) is 57.6 Å². The van der Waals surface area contributed by atoms with E-state index in [9.17, 15) is 4.79 Å². The fourth-order valence-electron chi connectivity index (χ4n) is 3.14. The van der Waals surface area contributed by atoms with Crippen LogP contribution in [0.1, 0.15) is 65.4 Å². The van der Waals surface area contributed by atoms with Crippen molar-refractivity contribution in [1.29, 1.82) is 0 Å². The van der Waals surface area contributed by atoms with E-state index in [0.29, 0.717) is 5.92 Å². The van der Waals surface area contributed by atoms with E-state index in [2.05, 4.69) is 43.4 Å². The summed E-state index contributed by atoms with van der Waals surface area (Å²) in [6.07, 6.45) is 2.99. The Morgan fingerprint density at radius 3 is 2.75 bits per heavy atom. The van der Waals surface area contributed by atoms with Crippen LogP contribution in [-0.4, -0.2) is 35.7 Å². The second-order valence-corrected chi connectivity index (χ2v) is 7.75. The number of nitrogens with zero attached hydrogens (tertiary/aromatic N) is 1. The van der Waals surface area contributed by atoms with Gasteiger partial charge in [-0.25, -0.2) is 4.79 Å². The van der Waals surface area contributed by atoms with Crippen LogP contribution in [0.2, 0.25) is 0 Å². The van der Waals surface area contributed by atoms with Gasteiger partial charge in [-0.1, -0.05) is 32.0 Å². The smallest absolute Gasteiger partial charge is 0.410 e. The highest BCUT2D eigenvalue weighted by molar-refractivity contribution is 5.69. The summed E-state index contributed by atoms with van der Waals surface area (Å²) >= 11 is 0. The molecule has 1 aliphatic heterocycles. The number of para-hydroxylation sites is 1. The third kappa shape index (κ3) is 4.89. The third-order valence-electron chi connectivity index (χ3n) is 4.64. The molecule has 4 nitrogen and oxygen atoms in total. The molecule has 0 radical (unpaired) electrons. The summed E-state index contributed by atoms with van der Waals surface area (Å²) in [7, 11) is 0. The minimum Gasteiger partial charge on any atom is -0.444 e. The number of rotatable bonds is 5. The maximum absolute atomic E-state index is 12.4. The molecule has 2 rings (SSSR count). The molecule has 1 fully saturated rings. The monoisotopic (exact) mass is 332 g/mol. The Morgan fingerprint density at radius 1 is 1.38 bits per heavy atom. The highest BCUT2D eigenvalue weighted by atomic mass is 16.6. The number of hydrogen-bond acceptors (Lipinski definition) is 3. The predicted octanol–water partition coefficient (Wildman–Crippen LogP) is 5.01. The number of carbonyl (C=O) groups is 1. The van der Waals surface area contributed by atoms with Crippen molar-refractivity contribution in [2.24, 2.45) is 0 Å². The van der Waals surface area contributed by atoms with Crippen molar-refractivity contribution in [3.05, 3.63) is 29.8 Å². The van der Waals surface area contributed by atoms with Crippen LogP contribution in [0.25, 0.3) is 0 Å². The first kappa shape index (κ1) is 18.6. The van der Waals surface area contributed by atoms with Crippen LogP contribution in [0.4, 0.5) is 10.5 Å². The van der Waals surface area contributed by atoms with Gasteiger partial charge >= 0.3 is 6.09 Å². The largest absolute Gasteiger partial charge is 0.444 e. The van der Waals surface area contributed by atoms with Gasteiger partial charge in [0.2, 0.25) is 0 Å². The Hall–Kier alpha value is -1.71. The molecular formula is C20H32N2O2. The topological polar surface area (TPSA) is 41.6 Å². The van der Waals surface area contributed by atoms with Crippen LogP contribution in [0.5, 0.6) is 0 Å². The van der Waals surface area contributed by atoms with Crippen molar-refractivity contribution in [3.8, 4) is 0 Å². The van der Waals surface area contributed by atoms with Gasteiger partial charge in [0.1, 0.15) is 5.60 Å². The molecule has 24 heavy (non-hydrogen) atoms. The molecule has 0 aromatic heterocycles. The van der Waals surface area contributed by atoms with E-state index >= 15 is 0 Å². The summed E-state index contributed by atoms with van der Waals surface area (Å²) in [5.74, 6) is 0.527. The Bertz CT molecular complexity index is 551. The van der Waals surface area contributed by atoms with E-state index in [-0.39, 0.29) is 12.1 Å². The molecule has 0 aliphatic carbocycles. The Labute approximate surface area is 146 Å². The minimum absolute atomic E-state index is 0.193. The molecule has 0 saturated carbocycles. The van der Waals surface area contributed by atoms with Gasteiger partial charge in [-0.2, -0.15) is 0 Å². The van der Waals surface area contributed by atoms with Crippen LogP contribution in [-0.2, 0) is 4.74 Å². The maximum atomic E-state index is 12.4. The van der Waals surface area contributed by atoms with Gasteiger partial charge in [-0.15, -0.1) is 0 Å². The van der Waals surface area contributed by atoms with Gasteiger partial charge in [-0.3, -0.25) is 0 Å². The summed E-state index contributed by atoms with van der Waals surface area (Å²) in [6, 6.07) is 8.68. The number of likely N-dealkylation sites (tertiary alicyclic amines) is 1. The number of amides is 1. The number of hydrogen-bond donors (Lipinski definition) is 1. The number of benzene rings is 1. The number of nitrogens with one attached hydrogen (secondary N) is 1. The number of carbonyl (C=O) groups excluding carboxylic acids is 1. The predicted molar refractivity (Wildman–Crippen MR) is 99.6 cm³/mol. The molecule has 1 N–H and O–H groups in total. The molecule has 2 unspecified atom stereocenters. The normalized spacial score (nSPS) is 19.2. The minimum atomic E-state index is -0.444. The summed E-state index contributed by atoms with van der Waals surface area (Å²) in [4.78, 5) is 14.3. The van der Waals surface area contributed by atoms with E-state index < -0.39 is 5.60 Å². The summed E-state index contributed by atoms with van der Waals surface area (Å²) < 4.78 is 5.54. The van der Waals surface area contributed by atoms with Crippen molar-refractivity contribution < 1.29 is 9.53 Å². The third-order valence-corrected chi connectivity index (χ3v) is 4.64. The van der Waals surface area contributed by atoms with Crippen molar-refractivity contribution in [3.63, 3.8) is 0 Å². The Kier molecular flexibility index (Phi) is 6.14. The molecule has 1 saturated heterocycles. The zero-order valence-corrected chi connectivity index (χ0v) is 15.8. The van der Waals surface area contributed by atoms with E-state index in [1.165, 1.54) is 11.3 Å². The van der Waals surface area contributed by atoms with E-state index in [0.717, 1.165) is 32.4 Å². The van der Waals surface area contributed by atoms with Gasteiger partial charge in [0.15, 0.2) is 0 Å². The zero-order valence-electron chi connectivity index (χ0n) is 15.8. The summed E-state index contributed by atoms with van der Waals surface area (Å²) in [5, 5.41) is 3.57. The SMILES string of the molecule is CCC(C)c1ccccc1NCC1CCCN1C(=O)OC(C)(C)C. The quantitative estimate of drug-likeness (QED) is 0.824. The van der Waals surface area contributed by atoms with E-state index in [1.807, 2.05) is 25.7 Å². The van der Waals surface area contributed by atoms with Crippen molar-refractivity contribution >= 4 is 11.8 Å². The molecule has 2 atom stereocenters. The van der Waals surface area contributed by atoms with Gasteiger partial charge in [0.25, 0.3) is 0 Å². The standard InChI is InChI=1S/C20H32N2O2/c1-6-15(2)17-11-7-8-12-18(17)21-14-16-10-9-13-22(16)19(23)24-20(3,4)5/h7-8,11-12,15-16,21H,6,9-10,13-14H2,1-5H3. The molecule has 1 aromatic carbocycles. The van der Waals surface area contributed by atoms with Crippen LogP contribution in [0.15, 0.2) is 24.3 Å². The first-order chi connectivity index (χ1) is 11.3. The van der Waals surface area contributed by atoms with Crippen molar-refractivity contribution in [1.82, 2.24) is 4.90 Å². The lowest BCUT2D eigenvalue weighted by Crippen LogP contribution is -2.42. The second-order valence-electron chi connectivity index (χ2n) is 7.75. The molecule has 134 valence electrons. The summed E-state index contributed by atoms with van der Waals surface area (Å²) in [5.41, 5.74) is 2.09. The van der Waals surface area contributed by atoms with Crippen LogP contribution < -0.4 is 5.32 Å². The van der Waals surface area contributed by atoms with Crippen LogP contribution in [0.3, 0.4) is 0 Å². The Balaban J connectivity index is 2.00.